The summed E-state index contributed by atoms with van der Waals surface area (Å²) in [7, 11) is 0. The summed E-state index contributed by atoms with van der Waals surface area (Å²) in [5.74, 6) is -1.10. The van der Waals surface area contributed by atoms with E-state index in [2.05, 4.69) is 15.3 Å². The van der Waals surface area contributed by atoms with Crippen LogP contribution in [0.2, 0.25) is 10.3 Å². The minimum Gasteiger partial charge on any atom is -0.320 e. The lowest BCUT2D eigenvalue weighted by atomic mass is 10.2. The van der Waals surface area contributed by atoms with Gasteiger partial charge in [0.1, 0.15) is 10.3 Å². The largest absolute Gasteiger partial charge is 0.320 e. The molecular formula is C11H6Cl2FN3O. The Hall–Kier alpha value is -1.72. The van der Waals surface area contributed by atoms with E-state index in [0.29, 0.717) is 5.69 Å². The zero-order chi connectivity index (χ0) is 13.1. The molecule has 0 aliphatic carbocycles. The van der Waals surface area contributed by atoms with E-state index in [4.69, 9.17) is 23.2 Å². The van der Waals surface area contributed by atoms with Gasteiger partial charge in [-0.05, 0) is 24.3 Å². The molecule has 0 radical (unpaired) electrons. The van der Waals surface area contributed by atoms with Crippen LogP contribution in [0, 0.1) is 5.95 Å². The lowest BCUT2D eigenvalue weighted by molar-refractivity contribution is 0.102. The molecule has 7 heteroatoms. The van der Waals surface area contributed by atoms with Crippen LogP contribution in [-0.2, 0) is 0 Å². The van der Waals surface area contributed by atoms with Crippen LogP contribution in [0.3, 0.4) is 0 Å². The fourth-order valence-corrected chi connectivity index (χ4v) is 1.66. The maximum atomic E-state index is 12.6. The molecule has 1 amide bonds. The first-order valence-corrected chi connectivity index (χ1v) is 5.57. The first-order valence-electron chi connectivity index (χ1n) is 4.81. The van der Waals surface area contributed by atoms with Crippen LogP contribution in [0.1, 0.15) is 10.4 Å². The van der Waals surface area contributed by atoms with Crippen molar-refractivity contribution in [3.63, 3.8) is 0 Å². The standard InChI is InChI=1S/C11H6Cl2FN3O/c12-8-3-2-7(10(13)17-8)11(18)16-6-1-4-9(14)15-5-6/h1-5H,(H,16,18). The molecule has 0 spiro atoms. The molecule has 2 rings (SSSR count). The molecule has 2 heterocycles. The Labute approximate surface area is 112 Å². The number of hydrogen-bond donors (Lipinski definition) is 1. The van der Waals surface area contributed by atoms with E-state index < -0.39 is 11.9 Å². The molecule has 2 aromatic heterocycles. The number of halogens is 3. The van der Waals surface area contributed by atoms with Crippen LogP contribution in [0.4, 0.5) is 10.1 Å². The highest BCUT2D eigenvalue weighted by Gasteiger charge is 2.12. The second-order valence-electron chi connectivity index (χ2n) is 3.30. The highest BCUT2D eigenvalue weighted by atomic mass is 35.5. The van der Waals surface area contributed by atoms with Crippen molar-refractivity contribution in [3.8, 4) is 0 Å². The number of anilines is 1. The van der Waals surface area contributed by atoms with Gasteiger partial charge in [0.05, 0.1) is 17.4 Å². The first kappa shape index (κ1) is 12.7. The molecule has 0 bridgehead atoms. The molecule has 0 atom stereocenters. The molecule has 0 aromatic carbocycles. The summed E-state index contributed by atoms with van der Waals surface area (Å²) in [6, 6.07) is 5.42. The second kappa shape index (κ2) is 5.29. The predicted octanol–water partition coefficient (Wildman–Crippen LogP) is 3.17. The van der Waals surface area contributed by atoms with Gasteiger partial charge in [0.25, 0.3) is 5.91 Å². The number of hydrogen-bond acceptors (Lipinski definition) is 3. The van der Waals surface area contributed by atoms with Crippen LogP contribution in [0.25, 0.3) is 0 Å². The Kier molecular flexibility index (Phi) is 3.74. The van der Waals surface area contributed by atoms with E-state index in [9.17, 15) is 9.18 Å². The van der Waals surface area contributed by atoms with Gasteiger partial charge in [-0.3, -0.25) is 4.79 Å². The molecule has 1 N–H and O–H groups in total. The summed E-state index contributed by atoms with van der Waals surface area (Å²) in [5, 5.41) is 2.70. The molecule has 0 saturated carbocycles. The molecule has 0 saturated heterocycles. The molecule has 0 aliphatic heterocycles. The van der Waals surface area contributed by atoms with E-state index in [1.165, 1.54) is 24.4 Å². The number of carbonyl (C=O) groups is 1. The van der Waals surface area contributed by atoms with Crippen molar-refractivity contribution in [3.05, 3.63) is 52.3 Å². The maximum Gasteiger partial charge on any atom is 0.258 e. The fourth-order valence-electron chi connectivity index (χ4n) is 1.23. The van der Waals surface area contributed by atoms with Crippen LogP contribution in [0.15, 0.2) is 30.5 Å². The molecule has 18 heavy (non-hydrogen) atoms. The average molecular weight is 286 g/mol. The third kappa shape index (κ3) is 2.94. The quantitative estimate of drug-likeness (QED) is 0.863. The van der Waals surface area contributed by atoms with Gasteiger partial charge in [-0.25, -0.2) is 9.97 Å². The van der Waals surface area contributed by atoms with Gasteiger partial charge in [0.15, 0.2) is 0 Å². The van der Waals surface area contributed by atoms with E-state index in [1.54, 1.807) is 0 Å². The maximum absolute atomic E-state index is 12.6. The molecule has 0 unspecified atom stereocenters. The van der Waals surface area contributed by atoms with Crippen molar-refractivity contribution in [2.24, 2.45) is 0 Å². The molecular weight excluding hydrogens is 280 g/mol. The number of rotatable bonds is 2. The summed E-state index contributed by atoms with van der Waals surface area (Å²) in [6.07, 6.45) is 1.20. The molecule has 0 aliphatic rings. The Morgan fingerprint density at radius 3 is 2.61 bits per heavy atom. The van der Waals surface area contributed by atoms with Crippen molar-refractivity contribution < 1.29 is 9.18 Å². The average Bonchev–Trinajstić information content (AvgIpc) is 2.32. The zero-order valence-corrected chi connectivity index (χ0v) is 10.3. The number of nitrogens with zero attached hydrogens (tertiary/aromatic N) is 2. The predicted molar refractivity (Wildman–Crippen MR) is 66.4 cm³/mol. The van der Waals surface area contributed by atoms with Crippen LogP contribution in [-0.4, -0.2) is 15.9 Å². The normalized spacial score (nSPS) is 10.2. The summed E-state index contributed by atoms with van der Waals surface area (Å²) >= 11 is 11.4. The Morgan fingerprint density at radius 2 is 2.00 bits per heavy atom. The van der Waals surface area contributed by atoms with Crippen molar-refractivity contribution in [2.45, 2.75) is 0 Å². The highest BCUT2D eigenvalue weighted by Crippen LogP contribution is 2.18. The zero-order valence-electron chi connectivity index (χ0n) is 8.82. The summed E-state index contributed by atoms with van der Waals surface area (Å²) in [5.41, 5.74) is 0.526. The number of pyridine rings is 2. The van der Waals surface area contributed by atoms with Crippen LogP contribution < -0.4 is 5.32 Å². The molecule has 2 aromatic rings. The van der Waals surface area contributed by atoms with Crippen molar-refractivity contribution in [1.29, 1.82) is 0 Å². The van der Waals surface area contributed by atoms with Crippen LogP contribution in [0.5, 0.6) is 0 Å². The molecule has 92 valence electrons. The third-order valence-corrected chi connectivity index (χ3v) is 2.54. The van der Waals surface area contributed by atoms with Gasteiger partial charge < -0.3 is 5.32 Å². The van der Waals surface area contributed by atoms with Gasteiger partial charge in [0, 0.05) is 0 Å². The van der Waals surface area contributed by atoms with E-state index in [0.717, 1.165) is 6.07 Å². The molecule has 0 fully saturated rings. The second-order valence-corrected chi connectivity index (χ2v) is 4.04. The monoisotopic (exact) mass is 285 g/mol. The van der Waals surface area contributed by atoms with E-state index in [1.807, 2.05) is 0 Å². The van der Waals surface area contributed by atoms with Crippen molar-refractivity contribution >= 4 is 34.8 Å². The number of carbonyl (C=O) groups excluding carboxylic acids is 1. The number of nitrogens with one attached hydrogen (secondary N) is 1. The van der Waals surface area contributed by atoms with Gasteiger partial charge in [-0.2, -0.15) is 4.39 Å². The van der Waals surface area contributed by atoms with Gasteiger partial charge in [-0.1, -0.05) is 23.2 Å². The van der Waals surface area contributed by atoms with Gasteiger partial charge >= 0.3 is 0 Å². The van der Waals surface area contributed by atoms with Gasteiger partial charge in [-0.15, -0.1) is 0 Å². The Balaban J connectivity index is 2.19. The SMILES string of the molecule is O=C(Nc1ccc(F)nc1)c1ccc(Cl)nc1Cl. The Bertz CT molecular complexity index is 589. The van der Waals surface area contributed by atoms with E-state index in [-0.39, 0.29) is 15.9 Å². The number of amides is 1. The lowest BCUT2D eigenvalue weighted by Crippen LogP contribution is -2.13. The molecule has 4 nitrogen and oxygen atoms in total. The minimum absolute atomic E-state index is 0.00456. The summed E-state index contributed by atoms with van der Waals surface area (Å²) in [6.45, 7) is 0. The summed E-state index contributed by atoms with van der Waals surface area (Å²) in [4.78, 5) is 19.0. The van der Waals surface area contributed by atoms with Crippen LogP contribution >= 0.6 is 23.2 Å². The minimum atomic E-state index is -0.626. The van der Waals surface area contributed by atoms with Crippen molar-refractivity contribution in [1.82, 2.24) is 9.97 Å². The third-order valence-electron chi connectivity index (χ3n) is 2.04. The highest BCUT2D eigenvalue weighted by molar-refractivity contribution is 6.35. The van der Waals surface area contributed by atoms with E-state index >= 15 is 0 Å². The Morgan fingerprint density at radius 1 is 1.22 bits per heavy atom. The summed E-state index contributed by atoms with van der Waals surface area (Å²) < 4.78 is 12.6. The first-order chi connectivity index (χ1) is 8.56. The van der Waals surface area contributed by atoms with Gasteiger partial charge in [0.2, 0.25) is 5.95 Å². The topological polar surface area (TPSA) is 54.9 Å². The number of aromatic nitrogens is 2. The smallest absolute Gasteiger partial charge is 0.258 e. The van der Waals surface area contributed by atoms with Crippen molar-refractivity contribution in [2.75, 3.05) is 5.32 Å². The fraction of sp³-hybridized carbons (Fsp3) is 0. The lowest BCUT2D eigenvalue weighted by Gasteiger charge is -2.05.